The van der Waals surface area contributed by atoms with Crippen LogP contribution in [0.15, 0.2) is 10.5 Å². The molecule has 1 aliphatic rings. The predicted molar refractivity (Wildman–Crippen MR) is 74.5 cm³/mol. The Morgan fingerprint density at radius 1 is 1.39 bits per heavy atom. The SMILES string of the molecule is CCN(Cc1cc(C)c(CNC)o1)C1CCCC1. The first-order valence-electron chi connectivity index (χ1n) is 7.21. The molecule has 1 aromatic heterocycles. The molecule has 0 spiro atoms. The average Bonchev–Trinajstić information content (AvgIpc) is 2.98. The summed E-state index contributed by atoms with van der Waals surface area (Å²) in [6.07, 6.45) is 5.50. The first kappa shape index (κ1) is 13.6. The molecule has 1 saturated carbocycles. The number of nitrogens with one attached hydrogen (secondary N) is 1. The molecule has 1 aliphatic carbocycles. The Morgan fingerprint density at radius 3 is 2.72 bits per heavy atom. The molecule has 102 valence electrons. The molecule has 1 fully saturated rings. The van der Waals surface area contributed by atoms with Gasteiger partial charge in [0.2, 0.25) is 0 Å². The van der Waals surface area contributed by atoms with Crippen LogP contribution in [0, 0.1) is 6.92 Å². The summed E-state index contributed by atoms with van der Waals surface area (Å²) in [5.41, 5.74) is 1.27. The van der Waals surface area contributed by atoms with E-state index in [-0.39, 0.29) is 0 Å². The third-order valence-corrected chi connectivity index (χ3v) is 4.02. The van der Waals surface area contributed by atoms with Gasteiger partial charge in [-0.1, -0.05) is 19.8 Å². The molecule has 0 amide bonds. The Hall–Kier alpha value is -0.800. The molecule has 1 aromatic rings. The van der Waals surface area contributed by atoms with Crippen LogP contribution < -0.4 is 5.32 Å². The Bertz CT molecular complexity index is 367. The van der Waals surface area contributed by atoms with Crippen LogP contribution in [-0.2, 0) is 13.1 Å². The number of hydrogen-bond donors (Lipinski definition) is 1. The van der Waals surface area contributed by atoms with Crippen LogP contribution >= 0.6 is 0 Å². The number of nitrogens with zero attached hydrogens (tertiary/aromatic N) is 1. The Balaban J connectivity index is 2.00. The minimum Gasteiger partial charge on any atom is -0.463 e. The van der Waals surface area contributed by atoms with Crippen LogP contribution in [0.25, 0.3) is 0 Å². The van der Waals surface area contributed by atoms with Crippen molar-refractivity contribution in [3.8, 4) is 0 Å². The second-order valence-corrected chi connectivity index (χ2v) is 5.35. The third-order valence-electron chi connectivity index (χ3n) is 4.02. The fourth-order valence-corrected chi connectivity index (χ4v) is 2.97. The normalized spacial score (nSPS) is 16.9. The van der Waals surface area contributed by atoms with Crippen molar-refractivity contribution in [3.05, 3.63) is 23.2 Å². The minimum atomic E-state index is 0.771. The molecule has 0 atom stereocenters. The lowest BCUT2D eigenvalue weighted by atomic mass is 10.2. The van der Waals surface area contributed by atoms with Gasteiger partial charge in [-0.25, -0.2) is 0 Å². The first-order chi connectivity index (χ1) is 8.74. The third kappa shape index (κ3) is 3.15. The number of furan rings is 1. The number of hydrogen-bond acceptors (Lipinski definition) is 3. The molecule has 18 heavy (non-hydrogen) atoms. The summed E-state index contributed by atoms with van der Waals surface area (Å²) >= 11 is 0. The van der Waals surface area contributed by atoms with Crippen LogP contribution in [0.4, 0.5) is 0 Å². The highest BCUT2D eigenvalue weighted by Gasteiger charge is 2.22. The zero-order chi connectivity index (χ0) is 13.0. The van der Waals surface area contributed by atoms with Gasteiger partial charge in [0.05, 0.1) is 13.1 Å². The molecule has 0 radical (unpaired) electrons. The average molecular weight is 250 g/mol. The molecule has 0 aliphatic heterocycles. The largest absolute Gasteiger partial charge is 0.463 e. The van der Waals surface area contributed by atoms with Crippen molar-refractivity contribution < 1.29 is 4.42 Å². The molecule has 0 unspecified atom stereocenters. The van der Waals surface area contributed by atoms with Gasteiger partial charge in [-0.3, -0.25) is 4.90 Å². The zero-order valence-electron chi connectivity index (χ0n) is 12.0. The standard InChI is InChI=1S/C15H26N2O/c1-4-17(13-7-5-6-8-13)11-14-9-12(2)15(18-14)10-16-3/h9,13,16H,4-8,10-11H2,1-3H3. The zero-order valence-corrected chi connectivity index (χ0v) is 12.0. The van der Waals surface area contributed by atoms with Gasteiger partial charge in [0.15, 0.2) is 0 Å². The van der Waals surface area contributed by atoms with E-state index < -0.39 is 0 Å². The topological polar surface area (TPSA) is 28.4 Å². The van der Waals surface area contributed by atoms with Crippen molar-refractivity contribution in [1.29, 1.82) is 0 Å². The maximum absolute atomic E-state index is 5.94. The number of rotatable bonds is 6. The summed E-state index contributed by atoms with van der Waals surface area (Å²) in [7, 11) is 1.96. The maximum atomic E-state index is 5.94. The van der Waals surface area contributed by atoms with Gasteiger partial charge < -0.3 is 9.73 Å². The highest BCUT2D eigenvalue weighted by molar-refractivity contribution is 5.20. The fourth-order valence-electron chi connectivity index (χ4n) is 2.97. The monoisotopic (exact) mass is 250 g/mol. The molecular formula is C15H26N2O. The minimum absolute atomic E-state index is 0.771. The van der Waals surface area contributed by atoms with Crippen LogP contribution in [0.2, 0.25) is 0 Å². The van der Waals surface area contributed by atoms with Crippen LogP contribution in [0.5, 0.6) is 0 Å². The highest BCUT2D eigenvalue weighted by Crippen LogP contribution is 2.25. The summed E-state index contributed by atoms with van der Waals surface area (Å²) in [4.78, 5) is 2.56. The van der Waals surface area contributed by atoms with Crippen LogP contribution in [0.1, 0.15) is 49.7 Å². The Kier molecular flexibility index (Phi) is 4.84. The van der Waals surface area contributed by atoms with Crippen LogP contribution in [-0.4, -0.2) is 24.5 Å². The Morgan fingerprint density at radius 2 is 2.11 bits per heavy atom. The molecular weight excluding hydrogens is 224 g/mol. The smallest absolute Gasteiger partial charge is 0.120 e. The fraction of sp³-hybridized carbons (Fsp3) is 0.733. The summed E-state index contributed by atoms with van der Waals surface area (Å²) in [5.74, 6) is 2.20. The molecule has 2 rings (SSSR count). The lowest BCUT2D eigenvalue weighted by Gasteiger charge is -2.26. The highest BCUT2D eigenvalue weighted by atomic mass is 16.3. The second kappa shape index (κ2) is 6.39. The van der Waals surface area contributed by atoms with Gasteiger partial charge in [0.25, 0.3) is 0 Å². The van der Waals surface area contributed by atoms with Gasteiger partial charge >= 0.3 is 0 Å². The second-order valence-electron chi connectivity index (χ2n) is 5.35. The quantitative estimate of drug-likeness (QED) is 0.841. The van der Waals surface area contributed by atoms with Crippen LogP contribution in [0.3, 0.4) is 0 Å². The van der Waals surface area contributed by atoms with E-state index in [1.165, 1.54) is 31.2 Å². The summed E-state index contributed by atoms with van der Waals surface area (Å²) in [6, 6.07) is 2.97. The van der Waals surface area contributed by atoms with E-state index >= 15 is 0 Å². The van der Waals surface area contributed by atoms with E-state index in [1.54, 1.807) is 0 Å². The predicted octanol–water partition coefficient (Wildman–Crippen LogP) is 3.07. The van der Waals surface area contributed by atoms with Crippen molar-refractivity contribution in [3.63, 3.8) is 0 Å². The van der Waals surface area contributed by atoms with Crippen molar-refractivity contribution in [2.45, 2.75) is 58.7 Å². The number of aryl methyl sites for hydroxylation is 1. The van der Waals surface area contributed by atoms with Crippen molar-refractivity contribution >= 4 is 0 Å². The van der Waals surface area contributed by atoms with Crippen molar-refractivity contribution in [2.75, 3.05) is 13.6 Å². The molecule has 3 nitrogen and oxygen atoms in total. The van der Waals surface area contributed by atoms with Gasteiger partial charge in [0.1, 0.15) is 11.5 Å². The summed E-state index contributed by atoms with van der Waals surface area (Å²) in [6.45, 7) is 7.28. The van der Waals surface area contributed by atoms with E-state index in [0.717, 1.165) is 37.2 Å². The van der Waals surface area contributed by atoms with Crippen molar-refractivity contribution in [1.82, 2.24) is 10.2 Å². The van der Waals surface area contributed by atoms with E-state index in [0.29, 0.717) is 0 Å². The van der Waals surface area contributed by atoms with E-state index in [9.17, 15) is 0 Å². The van der Waals surface area contributed by atoms with E-state index in [1.807, 2.05) is 7.05 Å². The lowest BCUT2D eigenvalue weighted by molar-refractivity contribution is 0.184. The maximum Gasteiger partial charge on any atom is 0.120 e. The molecule has 1 heterocycles. The van der Waals surface area contributed by atoms with Gasteiger partial charge in [0, 0.05) is 6.04 Å². The van der Waals surface area contributed by atoms with Gasteiger partial charge in [-0.15, -0.1) is 0 Å². The van der Waals surface area contributed by atoms with Gasteiger partial charge in [-0.05, 0) is 45.0 Å². The molecule has 0 bridgehead atoms. The summed E-state index contributed by atoms with van der Waals surface area (Å²) in [5, 5.41) is 3.15. The Labute approximate surface area is 111 Å². The molecule has 0 aromatic carbocycles. The molecule has 3 heteroatoms. The first-order valence-corrected chi connectivity index (χ1v) is 7.21. The van der Waals surface area contributed by atoms with Crippen molar-refractivity contribution in [2.24, 2.45) is 0 Å². The lowest BCUT2D eigenvalue weighted by Crippen LogP contribution is -2.32. The molecule has 0 saturated heterocycles. The summed E-state index contributed by atoms with van der Waals surface area (Å²) < 4.78 is 5.94. The molecule has 1 N–H and O–H groups in total. The van der Waals surface area contributed by atoms with Gasteiger partial charge in [-0.2, -0.15) is 0 Å². The van der Waals surface area contributed by atoms with E-state index in [4.69, 9.17) is 4.42 Å². The van der Waals surface area contributed by atoms with E-state index in [2.05, 4.69) is 30.1 Å².